The van der Waals surface area contributed by atoms with Crippen molar-refractivity contribution in [3.05, 3.63) is 86.3 Å². The zero-order valence-electron chi connectivity index (χ0n) is 14.1. The SMILES string of the molecule is Cc1ccc(C(=O)Nc2ccn(Cc3ccc(F)cc3Cl)n2)cc1[N+](=O)[O-]. The third-order valence-corrected chi connectivity index (χ3v) is 4.25. The number of benzene rings is 2. The Bertz CT molecular complexity index is 1040. The third-order valence-electron chi connectivity index (χ3n) is 3.90. The summed E-state index contributed by atoms with van der Waals surface area (Å²) in [6, 6.07) is 9.90. The van der Waals surface area contributed by atoms with Crippen LogP contribution < -0.4 is 5.32 Å². The summed E-state index contributed by atoms with van der Waals surface area (Å²) in [5, 5.41) is 18.1. The van der Waals surface area contributed by atoms with Gasteiger partial charge in [0, 0.05) is 34.5 Å². The molecule has 0 spiro atoms. The van der Waals surface area contributed by atoms with Crippen molar-refractivity contribution in [1.82, 2.24) is 9.78 Å². The molecule has 0 radical (unpaired) electrons. The number of amides is 1. The molecule has 0 bridgehead atoms. The number of nitrogens with one attached hydrogen (secondary N) is 1. The molecule has 138 valence electrons. The summed E-state index contributed by atoms with van der Waals surface area (Å²) in [5.74, 6) is -0.658. The van der Waals surface area contributed by atoms with Gasteiger partial charge < -0.3 is 5.32 Å². The lowest BCUT2D eigenvalue weighted by atomic mass is 10.1. The molecule has 0 fully saturated rings. The number of aryl methyl sites for hydroxylation is 1. The molecule has 3 aromatic rings. The fourth-order valence-electron chi connectivity index (χ4n) is 2.48. The second kappa shape index (κ2) is 7.55. The first-order valence-corrected chi connectivity index (χ1v) is 8.25. The van der Waals surface area contributed by atoms with Gasteiger partial charge in [0.05, 0.1) is 11.5 Å². The van der Waals surface area contributed by atoms with E-state index in [-0.39, 0.29) is 22.1 Å². The Morgan fingerprint density at radius 1 is 1.30 bits per heavy atom. The van der Waals surface area contributed by atoms with Crippen molar-refractivity contribution in [1.29, 1.82) is 0 Å². The van der Waals surface area contributed by atoms with Gasteiger partial charge in [0.25, 0.3) is 11.6 Å². The Hall–Kier alpha value is -3.26. The van der Waals surface area contributed by atoms with E-state index in [2.05, 4.69) is 10.4 Å². The molecule has 1 amide bonds. The number of anilines is 1. The number of hydrogen-bond acceptors (Lipinski definition) is 4. The standard InChI is InChI=1S/C18H14ClFN4O3/c1-11-2-3-12(8-16(11)24(26)27)18(25)21-17-6-7-23(22-17)10-13-4-5-14(20)9-15(13)19/h2-9H,10H2,1H3,(H,21,22,25). The van der Waals surface area contributed by atoms with Crippen molar-refractivity contribution < 1.29 is 14.1 Å². The lowest BCUT2D eigenvalue weighted by molar-refractivity contribution is -0.385. The first kappa shape index (κ1) is 18.5. The van der Waals surface area contributed by atoms with E-state index in [9.17, 15) is 19.3 Å². The van der Waals surface area contributed by atoms with E-state index in [1.54, 1.807) is 25.3 Å². The number of hydrogen-bond donors (Lipinski definition) is 1. The molecule has 7 nitrogen and oxygen atoms in total. The Kier molecular flexibility index (Phi) is 5.18. The van der Waals surface area contributed by atoms with Crippen molar-refractivity contribution in [2.45, 2.75) is 13.5 Å². The van der Waals surface area contributed by atoms with Crippen LogP contribution in [0, 0.1) is 22.9 Å². The summed E-state index contributed by atoms with van der Waals surface area (Å²) < 4.78 is 14.6. The molecule has 0 aliphatic heterocycles. The molecule has 9 heteroatoms. The molecule has 0 unspecified atom stereocenters. The molecule has 0 atom stereocenters. The van der Waals surface area contributed by atoms with Crippen LogP contribution in [0.5, 0.6) is 0 Å². The van der Waals surface area contributed by atoms with Crippen LogP contribution in [-0.4, -0.2) is 20.6 Å². The van der Waals surface area contributed by atoms with Crippen LogP contribution in [0.3, 0.4) is 0 Å². The van der Waals surface area contributed by atoms with Crippen molar-refractivity contribution in [3.63, 3.8) is 0 Å². The summed E-state index contributed by atoms with van der Waals surface area (Å²) >= 11 is 6.00. The summed E-state index contributed by atoms with van der Waals surface area (Å²) in [4.78, 5) is 22.8. The van der Waals surface area contributed by atoms with E-state index in [1.807, 2.05) is 0 Å². The van der Waals surface area contributed by atoms with E-state index in [1.165, 1.54) is 35.0 Å². The van der Waals surface area contributed by atoms with Crippen LogP contribution >= 0.6 is 11.6 Å². The predicted molar refractivity (Wildman–Crippen MR) is 98.5 cm³/mol. The maximum absolute atomic E-state index is 13.1. The van der Waals surface area contributed by atoms with Crippen LogP contribution in [0.2, 0.25) is 5.02 Å². The van der Waals surface area contributed by atoms with Gasteiger partial charge >= 0.3 is 0 Å². The molecule has 27 heavy (non-hydrogen) atoms. The van der Waals surface area contributed by atoms with Crippen molar-refractivity contribution in [3.8, 4) is 0 Å². The minimum Gasteiger partial charge on any atom is -0.305 e. The predicted octanol–water partition coefficient (Wildman–Crippen LogP) is 4.19. The van der Waals surface area contributed by atoms with Gasteiger partial charge in [-0.3, -0.25) is 19.6 Å². The lowest BCUT2D eigenvalue weighted by Crippen LogP contribution is -2.13. The number of nitro benzene ring substituents is 1. The largest absolute Gasteiger partial charge is 0.305 e. The fraction of sp³-hybridized carbons (Fsp3) is 0.111. The summed E-state index contributed by atoms with van der Waals surface area (Å²) in [5.41, 5.74) is 1.17. The maximum atomic E-state index is 13.1. The van der Waals surface area contributed by atoms with Crippen LogP contribution in [0.1, 0.15) is 21.5 Å². The monoisotopic (exact) mass is 388 g/mol. The molecule has 2 aromatic carbocycles. The highest BCUT2D eigenvalue weighted by Crippen LogP contribution is 2.21. The van der Waals surface area contributed by atoms with E-state index in [4.69, 9.17) is 11.6 Å². The molecule has 1 N–H and O–H groups in total. The molecule has 1 aromatic heterocycles. The van der Waals surface area contributed by atoms with Gasteiger partial charge in [-0.15, -0.1) is 0 Å². The number of rotatable bonds is 5. The Balaban J connectivity index is 1.73. The average Bonchev–Trinajstić information content (AvgIpc) is 3.04. The van der Waals surface area contributed by atoms with Gasteiger partial charge in [-0.2, -0.15) is 5.10 Å². The normalized spacial score (nSPS) is 10.6. The fourth-order valence-corrected chi connectivity index (χ4v) is 2.70. The highest BCUT2D eigenvalue weighted by atomic mass is 35.5. The zero-order valence-corrected chi connectivity index (χ0v) is 14.9. The molecule has 3 rings (SSSR count). The zero-order chi connectivity index (χ0) is 19.6. The molecule has 1 heterocycles. The number of halogens is 2. The average molecular weight is 389 g/mol. The van der Waals surface area contributed by atoms with Gasteiger partial charge in [0.1, 0.15) is 5.82 Å². The lowest BCUT2D eigenvalue weighted by Gasteiger charge is -2.05. The van der Waals surface area contributed by atoms with Crippen molar-refractivity contribution >= 4 is 29.0 Å². The summed E-state index contributed by atoms with van der Waals surface area (Å²) in [7, 11) is 0. The van der Waals surface area contributed by atoms with E-state index in [0.29, 0.717) is 17.7 Å². The third kappa shape index (κ3) is 4.29. The number of carbonyl (C=O) groups excluding carboxylic acids is 1. The van der Waals surface area contributed by atoms with Crippen LogP contribution in [-0.2, 0) is 6.54 Å². The quantitative estimate of drug-likeness (QED) is 0.524. The van der Waals surface area contributed by atoms with E-state index < -0.39 is 16.6 Å². The first-order valence-electron chi connectivity index (χ1n) is 7.87. The van der Waals surface area contributed by atoms with Gasteiger partial charge in [-0.1, -0.05) is 23.7 Å². The Morgan fingerprint density at radius 2 is 2.07 bits per heavy atom. The minimum atomic E-state index is -0.534. The van der Waals surface area contributed by atoms with Crippen molar-refractivity contribution in [2.75, 3.05) is 5.32 Å². The second-order valence-electron chi connectivity index (χ2n) is 5.85. The van der Waals surface area contributed by atoms with Gasteiger partial charge in [-0.25, -0.2) is 4.39 Å². The molecule has 0 aliphatic rings. The number of nitro groups is 1. The molecule has 0 saturated heterocycles. The van der Waals surface area contributed by atoms with Crippen LogP contribution in [0.15, 0.2) is 48.7 Å². The highest BCUT2D eigenvalue weighted by molar-refractivity contribution is 6.31. The smallest absolute Gasteiger partial charge is 0.273 e. The second-order valence-corrected chi connectivity index (χ2v) is 6.25. The van der Waals surface area contributed by atoms with E-state index in [0.717, 1.165) is 0 Å². The van der Waals surface area contributed by atoms with Gasteiger partial charge in [0.2, 0.25) is 0 Å². The molecular weight excluding hydrogens is 375 g/mol. The first-order chi connectivity index (χ1) is 12.8. The Labute approximate surface area is 158 Å². The summed E-state index contributed by atoms with van der Waals surface area (Å²) in [6.45, 7) is 1.90. The van der Waals surface area contributed by atoms with Crippen LogP contribution in [0.4, 0.5) is 15.9 Å². The van der Waals surface area contributed by atoms with Crippen molar-refractivity contribution in [2.24, 2.45) is 0 Å². The topological polar surface area (TPSA) is 90.1 Å². The van der Waals surface area contributed by atoms with Crippen LogP contribution in [0.25, 0.3) is 0 Å². The maximum Gasteiger partial charge on any atom is 0.273 e. The molecule has 0 saturated carbocycles. The minimum absolute atomic E-state index is 0.126. The Morgan fingerprint density at radius 3 is 2.78 bits per heavy atom. The van der Waals surface area contributed by atoms with Gasteiger partial charge in [0.15, 0.2) is 5.82 Å². The number of carbonyl (C=O) groups is 1. The highest BCUT2D eigenvalue weighted by Gasteiger charge is 2.16. The van der Waals surface area contributed by atoms with E-state index >= 15 is 0 Å². The summed E-state index contributed by atoms with van der Waals surface area (Å²) in [6.07, 6.45) is 1.63. The number of nitrogens with zero attached hydrogens (tertiary/aromatic N) is 3. The molecule has 0 aliphatic carbocycles. The van der Waals surface area contributed by atoms with Gasteiger partial charge in [-0.05, 0) is 30.7 Å². The number of aromatic nitrogens is 2. The molecular formula is C18H14ClFN4O3.